The van der Waals surface area contributed by atoms with Crippen LogP contribution in [-0.2, 0) is 0 Å². The van der Waals surface area contributed by atoms with Gasteiger partial charge in [-0.05, 0) is 25.8 Å². The Morgan fingerprint density at radius 3 is 2.74 bits per heavy atom. The molecule has 0 atom stereocenters. The van der Waals surface area contributed by atoms with Gasteiger partial charge in [0.15, 0.2) is 0 Å². The first kappa shape index (κ1) is 16.1. The van der Waals surface area contributed by atoms with Crippen LogP contribution in [0.3, 0.4) is 0 Å². The van der Waals surface area contributed by atoms with Crippen LogP contribution in [0.25, 0.3) is 22.4 Å². The maximum absolute atomic E-state index is 13.0. The summed E-state index contributed by atoms with van der Waals surface area (Å²) in [5.41, 5.74) is 3.24. The smallest absolute Gasteiger partial charge is 0.259 e. The molecule has 27 heavy (non-hydrogen) atoms. The van der Waals surface area contributed by atoms with Crippen molar-refractivity contribution in [2.75, 3.05) is 5.32 Å². The number of hydrogen-bond acceptors (Lipinski definition) is 7. The minimum atomic E-state index is -0.263. The number of amides is 1. The first-order chi connectivity index (χ1) is 13.2. The van der Waals surface area contributed by atoms with Crippen LogP contribution in [0.4, 0.5) is 5.13 Å². The number of pyridine rings is 1. The Morgan fingerprint density at radius 2 is 2.04 bits per heavy atom. The van der Waals surface area contributed by atoms with E-state index in [1.807, 2.05) is 43.3 Å². The van der Waals surface area contributed by atoms with Gasteiger partial charge in [0.05, 0.1) is 10.9 Å². The van der Waals surface area contributed by atoms with E-state index in [0.29, 0.717) is 33.4 Å². The molecule has 1 N–H and O–H groups in total. The Balaban J connectivity index is 1.65. The van der Waals surface area contributed by atoms with Crippen LogP contribution in [0.5, 0.6) is 0 Å². The van der Waals surface area contributed by atoms with E-state index in [1.165, 1.54) is 11.3 Å². The molecule has 0 bridgehead atoms. The molecule has 5 rings (SSSR count). The minimum absolute atomic E-state index is 0.263. The maximum Gasteiger partial charge on any atom is 0.259 e. The number of nitrogens with zero attached hydrogens (tertiary/aromatic N) is 4. The van der Waals surface area contributed by atoms with Gasteiger partial charge in [-0.1, -0.05) is 46.8 Å². The monoisotopic (exact) mass is 377 g/mol. The Labute approximate surface area is 158 Å². The highest BCUT2D eigenvalue weighted by Crippen LogP contribution is 2.41. The van der Waals surface area contributed by atoms with Crippen LogP contribution >= 0.6 is 11.3 Å². The first-order valence-corrected chi connectivity index (χ1v) is 9.48. The van der Waals surface area contributed by atoms with Crippen molar-refractivity contribution in [2.45, 2.75) is 25.7 Å². The SMILES string of the molecule is Cc1nnc(NC(=O)c2cc(C3CC3)nc3onc(-c4ccccc4)c23)s1. The van der Waals surface area contributed by atoms with Crippen molar-refractivity contribution in [3.05, 3.63) is 52.7 Å². The average molecular weight is 377 g/mol. The summed E-state index contributed by atoms with van der Waals surface area (Å²) in [5.74, 6) is 0.121. The van der Waals surface area contributed by atoms with Gasteiger partial charge in [0.1, 0.15) is 10.7 Å². The third-order valence-electron chi connectivity index (χ3n) is 4.50. The molecule has 1 amide bonds. The standard InChI is InChI=1S/C19H15N5O2S/c1-10-22-23-19(27-10)21-17(25)13-9-14(11-7-8-11)20-18-15(13)16(24-26-18)12-5-3-2-4-6-12/h2-6,9,11H,7-8H2,1H3,(H,21,23,25). The molecule has 0 radical (unpaired) electrons. The van der Waals surface area contributed by atoms with Crippen LogP contribution in [0, 0.1) is 6.92 Å². The lowest BCUT2D eigenvalue weighted by Crippen LogP contribution is -2.13. The Bertz CT molecular complexity index is 1150. The number of fused-ring (bicyclic) bond motifs is 1. The molecule has 3 aromatic heterocycles. The van der Waals surface area contributed by atoms with Gasteiger partial charge >= 0.3 is 0 Å². The molecule has 1 saturated carbocycles. The number of benzene rings is 1. The van der Waals surface area contributed by atoms with Gasteiger partial charge in [0.2, 0.25) is 5.13 Å². The van der Waals surface area contributed by atoms with Crippen LogP contribution in [0.15, 0.2) is 40.9 Å². The van der Waals surface area contributed by atoms with Gasteiger partial charge in [0, 0.05) is 17.2 Å². The molecule has 0 unspecified atom stereocenters. The van der Waals surface area contributed by atoms with E-state index < -0.39 is 0 Å². The van der Waals surface area contributed by atoms with Crippen molar-refractivity contribution in [3.8, 4) is 11.3 Å². The maximum atomic E-state index is 13.0. The Hall–Kier alpha value is -3.13. The van der Waals surface area contributed by atoms with Gasteiger partial charge < -0.3 is 4.52 Å². The summed E-state index contributed by atoms with van der Waals surface area (Å²) < 4.78 is 5.50. The first-order valence-electron chi connectivity index (χ1n) is 8.66. The lowest BCUT2D eigenvalue weighted by Gasteiger charge is -2.06. The second-order valence-corrected chi connectivity index (χ2v) is 7.71. The molecule has 8 heteroatoms. The van der Waals surface area contributed by atoms with Crippen LogP contribution < -0.4 is 5.32 Å². The van der Waals surface area contributed by atoms with E-state index in [0.717, 1.165) is 29.1 Å². The van der Waals surface area contributed by atoms with Crippen molar-refractivity contribution >= 4 is 33.5 Å². The lowest BCUT2D eigenvalue weighted by molar-refractivity contribution is 0.102. The number of anilines is 1. The number of hydrogen-bond donors (Lipinski definition) is 1. The zero-order valence-corrected chi connectivity index (χ0v) is 15.3. The number of rotatable bonds is 4. The van der Waals surface area contributed by atoms with E-state index in [4.69, 9.17) is 4.52 Å². The van der Waals surface area contributed by atoms with Crippen LogP contribution in [-0.4, -0.2) is 26.2 Å². The summed E-state index contributed by atoms with van der Waals surface area (Å²) in [6.07, 6.45) is 2.16. The molecule has 1 fully saturated rings. The molecular weight excluding hydrogens is 362 g/mol. The van der Waals surface area contributed by atoms with Gasteiger partial charge in [-0.3, -0.25) is 10.1 Å². The van der Waals surface area contributed by atoms with Gasteiger partial charge in [-0.25, -0.2) is 4.98 Å². The highest BCUT2D eigenvalue weighted by Gasteiger charge is 2.29. The van der Waals surface area contributed by atoms with E-state index in [1.54, 1.807) is 0 Å². The second kappa shape index (κ2) is 6.24. The summed E-state index contributed by atoms with van der Waals surface area (Å²) in [5, 5.41) is 16.8. The van der Waals surface area contributed by atoms with Crippen molar-refractivity contribution in [3.63, 3.8) is 0 Å². The second-order valence-electron chi connectivity index (χ2n) is 6.53. The summed E-state index contributed by atoms with van der Waals surface area (Å²) >= 11 is 1.33. The van der Waals surface area contributed by atoms with Crippen molar-refractivity contribution < 1.29 is 9.32 Å². The fourth-order valence-electron chi connectivity index (χ4n) is 3.04. The average Bonchev–Trinajstić information content (AvgIpc) is 3.33. The van der Waals surface area contributed by atoms with Gasteiger partial charge in [-0.15, -0.1) is 10.2 Å². The van der Waals surface area contributed by atoms with Gasteiger partial charge in [-0.2, -0.15) is 0 Å². The quantitative estimate of drug-likeness (QED) is 0.573. The predicted molar refractivity (Wildman–Crippen MR) is 102 cm³/mol. The lowest BCUT2D eigenvalue weighted by atomic mass is 10.0. The van der Waals surface area contributed by atoms with Crippen molar-refractivity contribution in [2.24, 2.45) is 0 Å². The number of aromatic nitrogens is 4. The molecule has 1 aliphatic rings. The van der Waals surface area contributed by atoms with Gasteiger partial charge in [0.25, 0.3) is 11.6 Å². The van der Waals surface area contributed by atoms with E-state index in [9.17, 15) is 4.79 Å². The Morgan fingerprint density at radius 1 is 1.22 bits per heavy atom. The summed E-state index contributed by atoms with van der Waals surface area (Å²) in [6, 6.07) is 11.5. The molecule has 4 aromatic rings. The highest BCUT2D eigenvalue weighted by atomic mass is 32.1. The number of carbonyl (C=O) groups is 1. The zero-order chi connectivity index (χ0) is 18.4. The highest BCUT2D eigenvalue weighted by molar-refractivity contribution is 7.15. The van der Waals surface area contributed by atoms with E-state index in [-0.39, 0.29) is 5.91 Å². The molecule has 1 aromatic carbocycles. The predicted octanol–water partition coefficient (Wildman–Crippen LogP) is 4.18. The van der Waals surface area contributed by atoms with Crippen LogP contribution in [0.1, 0.15) is 39.8 Å². The number of carbonyl (C=O) groups excluding carboxylic acids is 1. The van der Waals surface area contributed by atoms with E-state index >= 15 is 0 Å². The zero-order valence-electron chi connectivity index (χ0n) is 14.5. The summed E-state index contributed by atoms with van der Waals surface area (Å²) in [7, 11) is 0. The molecule has 1 aliphatic carbocycles. The van der Waals surface area contributed by atoms with Crippen molar-refractivity contribution in [1.82, 2.24) is 20.3 Å². The molecule has 134 valence electrons. The summed E-state index contributed by atoms with van der Waals surface area (Å²) in [4.78, 5) is 17.6. The fraction of sp³-hybridized carbons (Fsp3) is 0.211. The fourth-order valence-corrected chi connectivity index (χ4v) is 3.63. The third-order valence-corrected chi connectivity index (χ3v) is 5.25. The summed E-state index contributed by atoms with van der Waals surface area (Å²) in [6.45, 7) is 1.84. The molecule has 0 saturated heterocycles. The number of nitrogens with one attached hydrogen (secondary N) is 1. The Kier molecular flexibility index (Phi) is 3.71. The molecule has 3 heterocycles. The molecule has 0 aliphatic heterocycles. The normalized spacial score (nSPS) is 13.8. The topological polar surface area (TPSA) is 93.8 Å². The molecule has 7 nitrogen and oxygen atoms in total. The van der Waals surface area contributed by atoms with Crippen LogP contribution in [0.2, 0.25) is 0 Å². The number of aryl methyl sites for hydroxylation is 1. The third kappa shape index (κ3) is 2.97. The van der Waals surface area contributed by atoms with Crippen molar-refractivity contribution in [1.29, 1.82) is 0 Å². The molecule has 0 spiro atoms. The largest absolute Gasteiger partial charge is 0.335 e. The molecular formula is C19H15N5O2S. The van der Waals surface area contributed by atoms with E-state index in [2.05, 4.69) is 25.7 Å². The minimum Gasteiger partial charge on any atom is -0.335 e.